The molecule has 1 aromatic carbocycles. The van der Waals surface area contributed by atoms with E-state index in [1.54, 1.807) is 18.2 Å². The van der Waals surface area contributed by atoms with Crippen LogP contribution < -0.4 is 15.8 Å². The minimum absolute atomic E-state index is 0.181. The molecule has 0 unspecified atom stereocenters. The number of rotatable bonds is 8. The van der Waals surface area contributed by atoms with Crippen LogP contribution in [-0.4, -0.2) is 32.8 Å². The zero-order valence-corrected chi connectivity index (χ0v) is 11.6. The molecule has 1 amide bonds. The van der Waals surface area contributed by atoms with Crippen molar-refractivity contribution in [2.24, 2.45) is 0 Å². The van der Waals surface area contributed by atoms with Gasteiger partial charge in [-0.05, 0) is 31.0 Å². The second-order valence-corrected chi connectivity index (χ2v) is 4.18. The van der Waals surface area contributed by atoms with Gasteiger partial charge in [0.25, 0.3) is 5.91 Å². The van der Waals surface area contributed by atoms with Crippen LogP contribution in [0.5, 0.6) is 5.75 Å². The smallest absolute Gasteiger partial charge is 0.255 e. The maximum atomic E-state index is 12.0. The summed E-state index contributed by atoms with van der Waals surface area (Å²) in [4.78, 5) is 12.0. The van der Waals surface area contributed by atoms with Crippen LogP contribution in [0.2, 0.25) is 0 Å². The van der Waals surface area contributed by atoms with Gasteiger partial charge in [-0.1, -0.05) is 6.92 Å². The largest absolute Gasteiger partial charge is 0.496 e. The zero-order valence-electron chi connectivity index (χ0n) is 11.6. The Hall–Kier alpha value is -1.75. The van der Waals surface area contributed by atoms with Crippen LogP contribution in [0.1, 0.15) is 30.1 Å². The summed E-state index contributed by atoms with van der Waals surface area (Å²) in [5, 5.41) is 2.82. The summed E-state index contributed by atoms with van der Waals surface area (Å²) in [6.45, 7) is 4.05. The van der Waals surface area contributed by atoms with E-state index in [0.29, 0.717) is 30.2 Å². The summed E-state index contributed by atoms with van der Waals surface area (Å²) in [5.41, 5.74) is 6.67. The molecule has 5 heteroatoms. The fourth-order valence-electron chi connectivity index (χ4n) is 1.62. The molecule has 1 aromatic rings. The molecule has 0 saturated carbocycles. The average Bonchev–Trinajstić information content (AvgIpc) is 2.42. The fourth-order valence-corrected chi connectivity index (χ4v) is 1.62. The van der Waals surface area contributed by atoms with Gasteiger partial charge in [0, 0.05) is 25.4 Å². The van der Waals surface area contributed by atoms with Crippen molar-refractivity contribution in [1.82, 2.24) is 5.32 Å². The van der Waals surface area contributed by atoms with E-state index >= 15 is 0 Å². The highest BCUT2D eigenvalue weighted by atomic mass is 16.5. The van der Waals surface area contributed by atoms with Crippen molar-refractivity contribution in [1.29, 1.82) is 0 Å². The van der Waals surface area contributed by atoms with E-state index < -0.39 is 0 Å². The Labute approximate surface area is 114 Å². The van der Waals surface area contributed by atoms with Crippen molar-refractivity contribution in [3.63, 3.8) is 0 Å². The maximum absolute atomic E-state index is 12.0. The number of methoxy groups -OCH3 is 1. The van der Waals surface area contributed by atoms with Crippen LogP contribution in [0.3, 0.4) is 0 Å². The van der Waals surface area contributed by atoms with Gasteiger partial charge in [-0.3, -0.25) is 4.79 Å². The van der Waals surface area contributed by atoms with Crippen LogP contribution in [-0.2, 0) is 4.74 Å². The summed E-state index contributed by atoms with van der Waals surface area (Å²) in [7, 11) is 1.53. The summed E-state index contributed by atoms with van der Waals surface area (Å²) in [6, 6.07) is 5.00. The van der Waals surface area contributed by atoms with Gasteiger partial charge >= 0.3 is 0 Å². The standard InChI is InChI=1S/C14H22N2O3/c1-3-8-19-9-4-7-16-14(17)12-10-11(15)5-6-13(12)18-2/h5-6,10H,3-4,7-9,15H2,1-2H3,(H,16,17). The van der Waals surface area contributed by atoms with Gasteiger partial charge in [0.2, 0.25) is 0 Å². The predicted octanol–water partition coefficient (Wildman–Crippen LogP) is 1.82. The van der Waals surface area contributed by atoms with E-state index in [4.69, 9.17) is 15.2 Å². The SMILES string of the molecule is CCCOCCCNC(=O)c1cc(N)ccc1OC. The minimum atomic E-state index is -0.181. The molecule has 0 atom stereocenters. The first-order chi connectivity index (χ1) is 9.19. The highest BCUT2D eigenvalue weighted by Gasteiger charge is 2.11. The molecule has 0 aromatic heterocycles. The third-order valence-corrected chi connectivity index (χ3v) is 2.57. The lowest BCUT2D eigenvalue weighted by Crippen LogP contribution is -2.25. The van der Waals surface area contributed by atoms with Crippen molar-refractivity contribution >= 4 is 11.6 Å². The lowest BCUT2D eigenvalue weighted by molar-refractivity contribution is 0.0938. The van der Waals surface area contributed by atoms with E-state index in [1.807, 2.05) is 0 Å². The molecule has 0 aliphatic heterocycles. The molecule has 5 nitrogen and oxygen atoms in total. The Bertz CT molecular complexity index is 408. The van der Waals surface area contributed by atoms with E-state index in [2.05, 4.69) is 12.2 Å². The number of benzene rings is 1. The molecule has 0 heterocycles. The van der Waals surface area contributed by atoms with E-state index in [1.165, 1.54) is 7.11 Å². The molecule has 0 bridgehead atoms. The van der Waals surface area contributed by atoms with Crippen molar-refractivity contribution in [3.8, 4) is 5.75 Å². The van der Waals surface area contributed by atoms with Crippen LogP contribution >= 0.6 is 0 Å². The highest BCUT2D eigenvalue weighted by molar-refractivity contribution is 5.97. The molecule has 0 saturated heterocycles. The third-order valence-electron chi connectivity index (χ3n) is 2.57. The normalized spacial score (nSPS) is 10.2. The van der Waals surface area contributed by atoms with Gasteiger partial charge in [0.1, 0.15) is 5.75 Å². The number of hydrogen-bond donors (Lipinski definition) is 2. The summed E-state index contributed by atoms with van der Waals surface area (Å²) < 4.78 is 10.5. The van der Waals surface area contributed by atoms with Crippen LogP contribution in [0.25, 0.3) is 0 Å². The molecular formula is C14H22N2O3. The van der Waals surface area contributed by atoms with Gasteiger partial charge in [-0.15, -0.1) is 0 Å². The Balaban J connectivity index is 2.43. The number of carbonyl (C=O) groups is 1. The van der Waals surface area contributed by atoms with Crippen molar-refractivity contribution in [2.45, 2.75) is 19.8 Å². The molecule has 106 valence electrons. The molecule has 0 spiro atoms. The first-order valence-corrected chi connectivity index (χ1v) is 6.48. The van der Waals surface area contributed by atoms with Crippen LogP contribution in [0.15, 0.2) is 18.2 Å². The number of amides is 1. The lowest BCUT2D eigenvalue weighted by Gasteiger charge is -2.10. The average molecular weight is 266 g/mol. The predicted molar refractivity (Wildman–Crippen MR) is 75.5 cm³/mol. The van der Waals surface area contributed by atoms with Crippen LogP contribution in [0.4, 0.5) is 5.69 Å². The fraction of sp³-hybridized carbons (Fsp3) is 0.500. The first kappa shape index (κ1) is 15.3. The molecule has 19 heavy (non-hydrogen) atoms. The number of nitrogen functional groups attached to an aromatic ring is 1. The number of anilines is 1. The number of ether oxygens (including phenoxy) is 2. The minimum Gasteiger partial charge on any atom is -0.496 e. The second kappa shape index (κ2) is 8.37. The van der Waals surface area contributed by atoms with Gasteiger partial charge in [-0.25, -0.2) is 0 Å². The Morgan fingerprint density at radius 3 is 2.84 bits per heavy atom. The van der Waals surface area contributed by atoms with Gasteiger partial charge < -0.3 is 20.5 Å². The Kier molecular flexibility index (Phi) is 6.74. The maximum Gasteiger partial charge on any atom is 0.255 e. The van der Waals surface area contributed by atoms with Crippen molar-refractivity contribution < 1.29 is 14.3 Å². The molecule has 0 aliphatic carbocycles. The Morgan fingerprint density at radius 2 is 2.16 bits per heavy atom. The monoisotopic (exact) mass is 266 g/mol. The highest BCUT2D eigenvalue weighted by Crippen LogP contribution is 2.20. The molecule has 0 fully saturated rings. The number of hydrogen-bond acceptors (Lipinski definition) is 4. The number of nitrogens with one attached hydrogen (secondary N) is 1. The Morgan fingerprint density at radius 1 is 1.37 bits per heavy atom. The number of nitrogens with two attached hydrogens (primary N) is 1. The molecule has 0 aliphatic rings. The lowest BCUT2D eigenvalue weighted by atomic mass is 10.1. The summed E-state index contributed by atoms with van der Waals surface area (Å²) in [6.07, 6.45) is 1.79. The zero-order chi connectivity index (χ0) is 14.1. The van der Waals surface area contributed by atoms with E-state index in [-0.39, 0.29) is 5.91 Å². The van der Waals surface area contributed by atoms with Crippen molar-refractivity contribution in [3.05, 3.63) is 23.8 Å². The summed E-state index contributed by atoms with van der Waals surface area (Å²) in [5.74, 6) is 0.341. The topological polar surface area (TPSA) is 73.6 Å². The first-order valence-electron chi connectivity index (χ1n) is 6.48. The van der Waals surface area contributed by atoms with Crippen molar-refractivity contribution in [2.75, 3.05) is 32.6 Å². The van der Waals surface area contributed by atoms with Gasteiger partial charge in [0.15, 0.2) is 0 Å². The quantitative estimate of drug-likeness (QED) is 0.556. The van der Waals surface area contributed by atoms with Gasteiger partial charge in [-0.2, -0.15) is 0 Å². The molecule has 3 N–H and O–H groups in total. The van der Waals surface area contributed by atoms with E-state index in [0.717, 1.165) is 19.4 Å². The molecule has 0 radical (unpaired) electrons. The second-order valence-electron chi connectivity index (χ2n) is 4.18. The molecule has 1 rings (SSSR count). The number of carbonyl (C=O) groups excluding carboxylic acids is 1. The van der Waals surface area contributed by atoms with Gasteiger partial charge in [0.05, 0.1) is 12.7 Å². The third kappa shape index (κ3) is 5.18. The summed E-state index contributed by atoms with van der Waals surface area (Å²) >= 11 is 0. The molecular weight excluding hydrogens is 244 g/mol. The van der Waals surface area contributed by atoms with Crippen LogP contribution in [0, 0.1) is 0 Å². The van der Waals surface area contributed by atoms with E-state index in [9.17, 15) is 4.79 Å².